The Hall–Kier alpha value is -2.89. The molecule has 0 aromatic rings. The van der Waals surface area contributed by atoms with Crippen LogP contribution in [0.5, 0.6) is 0 Å². The Bertz CT molecular complexity index is 1370. The van der Waals surface area contributed by atoms with Gasteiger partial charge in [-0.15, -0.1) is 0 Å². The maximum atomic E-state index is 15.0. The lowest BCUT2D eigenvalue weighted by molar-refractivity contribution is -0.145. The highest BCUT2D eigenvalue weighted by Crippen LogP contribution is 2.88. The Labute approximate surface area is 311 Å². The quantitative estimate of drug-likeness (QED) is 0.194. The zero-order valence-corrected chi connectivity index (χ0v) is 33.3. The average Bonchev–Trinajstić information content (AvgIpc) is 3.85. The molecule has 1 aliphatic heterocycles. The van der Waals surface area contributed by atoms with Gasteiger partial charge in [0.2, 0.25) is 17.7 Å². The van der Waals surface area contributed by atoms with Gasteiger partial charge in [0, 0.05) is 18.0 Å². The summed E-state index contributed by atoms with van der Waals surface area (Å²) in [5, 5.41) is 22.8. The number of nitrogens with zero attached hydrogens (tertiary/aromatic N) is 1. The van der Waals surface area contributed by atoms with E-state index in [1.54, 1.807) is 25.7 Å². The van der Waals surface area contributed by atoms with Crippen molar-refractivity contribution in [3.63, 3.8) is 0 Å². The van der Waals surface area contributed by atoms with E-state index in [-0.39, 0.29) is 40.0 Å². The zero-order valence-electron chi connectivity index (χ0n) is 33.3. The van der Waals surface area contributed by atoms with Crippen molar-refractivity contribution < 1.29 is 33.8 Å². The first-order valence-electron chi connectivity index (χ1n) is 20.1. The maximum Gasteiger partial charge on any atom is 0.408 e. The third kappa shape index (κ3) is 7.83. The first-order valence-corrected chi connectivity index (χ1v) is 20.1. The van der Waals surface area contributed by atoms with Crippen LogP contribution in [0.15, 0.2) is 0 Å². The average molecular weight is 730 g/mol. The maximum absolute atomic E-state index is 15.0. The van der Waals surface area contributed by atoms with Crippen molar-refractivity contribution >= 4 is 29.7 Å². The van der Waals surface area contributed by atoms with Crippen LogP contribution in [0.2, 0.25) is 0 Å². The number of alkyl carbamates (subject to hydrolysis) is 1. The topological polar surface area (TPSA) is 166 Å². The third-order valence-electron chi connectivity index (χ3n) is 13.4. The second-order valence-corrected chi connectivity index (χ2v) is 19.3. The Morgan fingerprint density at radius 2 is 1.48 bits per heavy atom. The predicted molar refractivity (Wildman–Crippen MR) is 198 cm³/mol. The highest BCUT2D eigenvalue weighted by atomic mass is 16.6. The molecule has 5 aliphatic rings. The Balaban J connectivity index is 1.41. The van der Waals surface area contributed by atoms with Crippen LogP contribution >= 0.6 is 0 Å². The summed E-state index contributed by atoms with van der Waals surface area (Å²) in [5.41, 5.74) is -1.77. The first-order chi connectivity index (χ1) is 24.2. The summed E-state index contributed by atoms with van der Waals surface area (Å²) in [7, 11) is 0. The van der Waals surface area contributed by atoms with E-state index in [4.69, 9.17) is 4.74 Å². The summed E-state index contributed by atoms with van der Waals surface area (Å²) in [6.07, 6.45) is 8.95. The summed E-state index contributed by atoms with van der Waals surface area (Å²) in [6, 6.07) is -3.43. The zero-order chi connectivity index (χ0) is 38.4. The first kappa shape index (κ1) is 40.3. The molecule has 4 saturated carbocycles. The van der Waals surface area contributed by atoms with Crippen molar-refractivity contribution in [2.45, 2.75) is 188 Å². The number of aliphatic hydroxyl groups is 1. The molecule has 12 nitrogen and oxygen atoms in total. The second-order valence-electron chi connectivity index (χ2n) is 19.3. The number of aliphatic hydroxyl groups excluding tert-OH is 1. The Kier molecular flexibility index (Phi) is 11.4. The van der Waals surface area contributed by atoms with E-state index in [0.29, 0.717) is 25.8 Å². The number of hydrogen-bond donors (Lipinski definition) is 5. The smallest absolute Gasteiger partial charge is 0.408 e. The van der Waals surface area contributed by atoms with Gasteiger partial charge in [0.15, 0.2) is 6.10 Å². The molecule has 1 unspecified atom stereocenters. The fraction of sp³-hybridized carbons (Fsp3) is 0.875. The van der Waals surface area contributed by atoms with Crippen LogP contribution in [-0.2, 0) is 23.9 Å². The lowest BCUT2D eigenvalue weighted by atomic mass is 9.73. The van der Waals surface area contributed by atoms with E-state index < -0.39 is 59.2 Å². The normalized spacial score (nSPS) is 27.5. The molecule has 5 rings (SSSR count). The van der Waals surface area contributed by atoms with Crippen molar-refractivity contribution in [1.82, 2.24) is 26.2 Å². The molecule has 6 atom stereocenters. The summed E-state index contributed by atoms with van der Waals surface area (Å²) in [6.45, 7) is 17.8. The van der Waals surface area contributed by atoms with Crippen LogP contribution in [0.25, 0.3) is 0 Å². The molecular formula is C40H67N5O7. The molecule has 52 heavy (non-hydrogen) atoms. The molecule has 294 valence electrons. The van der Waals surface area contributed by atoms with Crippen molar-refractivity contribution in [2.24, 2.45) is 27.6 Å². The van der Waals surface area contributed by atoms with Gasteiger partial charge >= 0.3 is 6.09 Å². The fourth-order valence-corrected chi connectivity index (χ4v) is 10.0. The Morgan fingerprint density at radius 3 is 1.98 bits per heavy atom. The van der Waals surface area contributed by atoms with Crippen LogP contribution in [-0.4, -0.2) is 88.2 Å². The monoisotopic (exact) mass is 730 g/mol. The van der Waals surface area contributed by atoms with Gasteiger partial charge in [-0.05, 0) is 94.3 Å². The van der Waals surface area contributed by atoms with Gasteiger partial charge in [-0.2, -0.15) is 0 Å². The van der Waals surface area contributed by atoms with E-state index in [1.165, 1.54) is 0 Å². The van der Waals surface area contributed by atoms with Crippen molar-refractivity contribution in [1.29, 1.82) is 0 Å². The fourth-order valence-electron chi connectivity index (χ4n) is 10.0. The van der Waals surface area contributed by atoms with Gasteiger partial charge in [-0.3, -0.25) is 19.2 Å². The van der Waals surface area contributed by atoms with Crippen molar-refractivity contribution in [3.05, 3.63) is 0 Å². The van der Waals surface area contributed by atoms with Crippen LogP contribution in [0.4, 0.5) is 4.79 Å². The number of hydrogen-bond acceptors (Lipinski definition) is 7. The molecule has 5 fully saturated rings. The molecular weight excluding hydrogens is 662 g/mol. The van der Waals surface area contributed by atoms with Crippen LogP contribution in [0.3, 0.4) is 0 Å². The number of likely N-dealkylation sites (tertiary alicyclic amines) is 1. The van der Waals surface area contributed by atoms with Gasteiger partial charge in [-0.1, -0.05) is 73.6 Å². The van der Waals surface area contributed by atoms with Crippen molar-refractivity contribution in [2.75, 3.05) is 6.54 Å². The number of carbonyl (C=O) groups is 5. The minimum atomic E-state index is -1.41. The number of rotatable bonds is 12. The molecule has 1 heterocycles. The number of carbonyl (C=O) groups excluding carboxylic acids is 5. The van der Waals surface area contributed by atoms with E-state index in [9.17, 15) is 29.1 Å². The highest BCUT2D eigenvalue weighted by molar-refractivity contribution is 5.95. The Morgan fingerprint density at radius 1 is 0.846 bits per heavy atom. The minimum absolute atomic E-state index is 0.0456. The molecule has 12 heteroatoms. The highest BCUT2D eigenvalue weighted by Gasteiger charge is 2.85. The standard InChI is InChI=1S/C40H67N5O7/c1-10-15-26(29(46)33(49)41-25-18-19-25)42-31(47)27-22-40(38(8,9)39(40)20-14-21-39)23-45(27)34(50)30(36(2,3)4)44-32(48)28(24-16-12-11-13-17-24)43-35(51)52-37(5,6)7/h24-30,46H,10-23H2,1-9H3,(H,41,49)(H,42,47)(H,43,51)(H,44,48)/t26-,27-,28-,29?,30+,40+/m0/s1. The second kappa shape index (κ2) is 14.7. The molecule has 0 bridgehead atoms. The molecule has 0 radical (unpaired) electrons. The van der Waals surface area contributed by atoms with Gasteiger partial charge in [0.1, 0.15) is 23.7 Å². The molecule has 5 amide bonds. The molecule has 0 aromatic carbocycles. The van der Waals surface area contributed by atoms with E-state index in [1.807, 2.05) is 27.7 Å². The summed E-state index contributed by atoms with van der Waals surface area (Å²) < 4.78 is 5.55. The van der Waals surface area contributed by atoms with E-state index in [2.05, 4.69) is 35.1 Å². The van der Waals surface area contributed by atoms with E-state index >= 15 is 0 Å². The number of amides is 5. The van der Waals surface area contributed by atoms with Crippen LogP contribution < -0.4 is 21.3 Å². The summed E-state index contributed by atoms with van der Waals surface area (Å²) >= 11 is 0. The van der Waals surface area contributed by atoms with Crippen molar-refractivity contribution in [3.8, 4) is 0 Å². The summed E-state index contributed by atoms with van der Waals surface area (Å²) in [4.78, 5) is 71.2. The lowest BCUT2D eigenvalue weighted by Crippen LogP contribution is -2.62. The van der Waals surface area contributed by atoms with Crippen LogP contribution in [0.1, 0.15) is 146 Å². The predicted octanol–water partition coefficient (Wildman–Crippen LogP) is 4.71. The van der Waals surface area contributed by atoms with Gasteiger partial charge in [-0.25, -0.2) is 4.79 Å². The third-order valence-corrected chi connectivity index (χ3v) is 13.4. The summed E-state index contributed by atoms with van der Waals surface area (Å²) in [5.74, 6) is -1.75. The van der Waals surface area contributed by atoms with Crippen LogP contribution in [0, 0.1) is 27.6 Å². The molecule has 4 aliphatic carbocycles. The lowest BCUT2D eigenvalue weighted by Gasteiger charge is -2.38. The number of nitrogens with one attached hydrogen (secondary N) is 4. The SMILES string of the molecule is CCC[C@H](NC(=O)[C@@H]1C[C@@]2(CN1C(=O)[C@@H](NC(=O)[C@@H](NC(=O)OC(C)(C)C)C1CCCCC1)C(C)(C)C)C(C)(C)C21CCC1)C(O)C(=O)NC1CC1. The van der Waals surface area contributed by atoms with Gasteiger partial charge in [0.05, 0.1) is 6.04 Å². The molecule has 2 spiro atoms. The molecule has 5 N–H and O–H groups in total. The minimum Gasteiger partial charge on any atom is -0.444 e. The number of ether oxygens (including phenoxy) is 1. The van der Waals surface area contributed by atoms with Gasteiger partial charge in [0.25, 0.3) is 5.91 Å². The molecule has 1 saturated heterocycles. The molecule has 0 aromatic heterocycles. The number of fused-ring (bicyclic) bond motifs is 1. The van der Waals surface area contributed by atoms with Gasteiger partial charge < -0.3 is 36.0 Å². The largest absolute Gasteiger partial charge is 0.444 e. The van der Waals surface area contributed by atoms with E-state index in [0.717, 1.165) is 64.2 Å².